The third-order valence-electron chi connectivity index (χ3n) is 3.96. The van der Waals surface area contributed by atoms with Gasteiger partial charge in [0.2, 0.25) is 24.3 Å². The van der Waals surface area contributed by atoms with Crippen LogP contribution < -0.4 is 0 Å². The molecule has 1 aromatic heterocycles. The summed E-state index contributed by atoms with van der Waals surface area (Å²) in [6, 6.07) is 20.0. The van der Waals surface area contributed by atoms with E-state index in [9.17, 15) is 16.8 Å². The Morgan fingerprint density at radius 2 is 1.25 bits per heavy atom. The Labute approximate surface area is 164 Å². The highest BCUT2D eigenvalue weighted by atomic mass is 32.3. The molecule has 0 aliphatic rings. The van der Waals surface area contributed by atoms with E-state index in [1.807, 2.05) is 0 Å². The van der Waals surface area contributed by atoms with Gasteiger partial charge in [0.25, 0.3) is 0 Å². The predicted octanol–water partition coefficient (Wildman–Crippen LogP) is 3.37. The minimum absolute atomic E-state index is 0.0943. The van der Waals surface area contributed by atoms with Crippen molar-refractivity contribution >= 4 is 31.7 Å². The van der Waals surface area contributed by atoms with Gasteiger partial charge in [-0.15, -0.1) is 0 Å². The van der Waals surface area contributed by atoms with Crippen molar-refractivity contribution in [3.63, 3.8) is 0 Å². The molecule has 3 rings (SSSR count). The molecule has 0 fully saturated rings. The summed E-state index contributed by atoms with van der Waals surface area (Å²) in [6.07, 6.45) is 0.937. The lowest BCUT2D eigenvalue weighted by molar-refractivity contribution is 0.584. The zero-order chi connectivity index (χ0) is 20.2. The summed E-state index contributed by atoms with van der Waals surface area (Å²) in [6.45, 7) is 1.76. The van der Waals surface area contributed by atoms with Crippen molar-refractivity contribution in [2.75, 3.05) is 0 Å². The minimum atomic E-state index is -4.25. The van der Waals surface area contributed by atoms with E-state index in [4.69, 9.17) is 0 Å². The molecule has 0 aliphatic heterocycles. The van der Waals surface area contributed by atoms with Crippen LogP contribution in [0.5, 0.6) is 0 Å². The number of aryl methyl sites for hydroxylation is 1. The van der Waals surface area contributed by atoms with E-state index >= 15 is 0 Å². The maximum Gasteiger partial charge on any atom is 0.206 e. The fraction of sp³-hybridized carbons (Fsp3) is 0.100. The van der Waals surface area contributed by atoms with Gasteiger partial charge in [0, 0.05) is 11.9 Å². The number of pyridine rings is 1. The Kier molecular flexibility index (Phi) is 5.71. The second kappa shape index (κ2) is 8.04. The molecule has 28 heavy (non-hydrogen) atoms. The first-order valence-electron chi connectivity index (χ1n) is 8.37. The summed E-state index contributed by atoms with van der Waals surface area (Å²) >= 11 is 0. The molecule has 144 valence electrons. The normalized spacial score (nSPS) is 12.5. The van der Waals surface area contributed by atoms with Crippen molar-refractivity contribution in [3.8, 4) is 0 Å². The summed E-state index contributed by atoms with van der Waals surface area (Å²) in [7, 11) is -8.50. The monoisotopic (exact) mass is 414 g/mol. The predicted molar refractivity (Wildman–Crippen MR) is 108 cm³/mol. The molecule has 0 N–H and O–H groups in total. The second-order valence-corrected chi connectivity index (χ2v) is 10.4. The van der Waals surface area contributed by atoms with Crippen LogP contribution in [0.25, 0.3) is 0 Å². The van der Waals surface area contributed by atoms with Crippen molar-refractivity contribution in [2.45, 2.75) is 21.3 Å². The van der Waals surface area contributed by atoms with Crippen molar-refractivity contribution in [1.82, 2.24) is 4.98 Å². The molecule has 2 aromatic carbocycles. The fourth-order valence-corrected chi connectivity index (χ4v) is 6.61. The minimum Gasteiger partial charge on any atom is -0.239 e. The van der Waals surface area contributed by atoms with Crippen LogP contribution in [0.2, 0.25) is 0 Å². The summed E-state index contributed by atoms with van der Waals surface area (Å²) in [5.41, 5.74) is 0.683. The van der Waals surface area contributed by atoms with Gasteiger partial charge in [-0.3, -0.25) is 0 Å². The Morgan fingerprint density at radius 3 is 1.71 bits per heavy atom. The molecular formula is C20H18N2O4S2. The lowest BCUT2D eigenvalue weighted by Crippen LogP contribution is -2.32. The summed E-state index contributed by atoms with van der Waals surface area (Å²) in [5.74, 6) is 0.233. The van der Waals surface area contributed by atoms with Gasteiger partial charge in [-0.05, 0) is 43.3 Å². The average Bonchev–Trinajstić information content (AvgIpc) is 2.69. The lowest BCUT2D eigenvalue weighted by atomic mass is 10.4. The smallest absolute Gasteiger partial charge is 0.206 e. The molecule has 0 saturated carbocycles. The molecule has 6 nitrogen and oxygen atoms in total. The highest BCUT2D eigenvalue weighted by Gasteiger charge is 2.38. The Morgan fingerprint density at radius 1 is 0.750 bits per heavy atom. The van der Waals surface area contributed by atoms with Crippen LogP contribution in [-0.4, -0.2) is 32.6 Å². The summed E-state index contributed by atoms with van der Waals surface area (Å²) in [5, 5.41) is 0. The number of hydrogen-bond donors (Lipinski definition) is 0. The Bertz CT molecular complexity index is 1120. The highest BCUT2D eigenvalue weighted by Crippen LogP contribution is 2.25. The Balaban J connectivity index is 2.14. The molecule has 3 aromatic rings. The van der Waals surface area contributed by atoms with Gasteiger partial charge in [0.15, 0.2) is 5.82 Å². The number of benzene rings is 2. The second-order valence-electron chi connectivity index (χ2n) is 6.00. The molecule has 0 bridgehead atoms. The molecule has 1 heterocycles. The van der Waals surface area contributed by atoms with Gasteiger partial charge in [0.05, 0.1) is 9.79 Å². The Hall–Kier alpha value is -2.84. The maximum atomic E-state index is 13.1. The average molecular weight is 415 g/mol. The van der Waals surface area contributed by atoms with E-state index in [1.165, 1.54) is 24.3 Å². The molecule has 8 heteroatoms. The molecule has 0 spiro atoms. The van der Waals surface area contributed by atoms with Gasteiger partial charge in [0.1, 0.15) is 0 Å². The largest absolute Gasteiger partial charge is 0.239 e. The van der Waals surface area contributed by atoms with Crippen LogP contribution in [0.4, 0.5) is 5.82 Å². The van der Waals surface area contributed by atoms with E-state index in [2.05, 4.69) is 9.98 Å². The van der Waals surface area contributed by atoms with Crippen molar-refractivity contribution in [2.24, 2.45) is 4.99 Å². The molecule has 0 saturated heterocycles. The van der Waals surface area contributed by atoms with Crippen molar-refractivity contribution in [1.29, 1.82) is 0 Å². The van der Waals surface area contributed by atoms with Crippen molar-refractivity contribution < 1.29 is 16.8 Å². The first-order valence-corrected chi connectivity index (χ1v) is 11.5. The van der Waals surface area contributed by atoms with Gasteiger partial charge >= 0.3 is 0 Å². The van der Waals surface area contributed by atoms with Crippen LogP contribution in [-0.2, 0) is 19.7 Å². The zero-order valence-corrected chi connectivity index (χ0v) is 16.6. The van der Waals surface area contributed by atoms with E-state index in [1.54, 1.807) is 61.5 Å². The van der Waals surface area contributed by atoms with Gasteiger partial charge in [-0.1, -0.05) is 42.5 Å². The number of nitrogens with zero attached hydrogens (tertiary/aromatic N) is 2. The molecule has 0 unspecified atom stereocenters. The highest BCUT2D eigenvalue weighted by molar-refractivity contribution is 8.10. The van der Waals surface area contributed by atoms with E-state index < -0.39 is 24.3 Å². The third-order valence-corrected chi connectivity index (χ3v) is 8.80. The van der Waals surface area contributed by atoms with Crippen LogP contribution >= 0.6 is 0 Å². The van der Waals surface area contributed by atoms with Crippen LogP contribution in [0.15, 0.2) is 93.6 Å². The van der Waals surface area contributed by atoms with Crippen LogP contribution in [0, 0.1) is 6.92 Å². The molecule has 0 amide bonds. The molecular weight excluding hydrogens is 396 g/mol. The van der Waals surface area contributed by atoms with E-state index in [0.717, 1.165) is 6.21 Å². The quantitative estimate of drug-likeness (QED) is 0.577. The lowest BCUT2D eigenvalue weighted by Gasteiger charge is -2.15. The van der Waals surface area contributed by atoms with E-state index in [-0.39, 0.29) is 15.6 Å². The number of sulfone groups is 2. The number of aromatic nitrogens is 1. The standard InChI is InChI=1S/C20H18N2O4S2/c1-16-9-8-14-19(22-16)21-15-20(27(23,24)17-10-4-2-5-11-17)28(25,26)18-12-6-3-7-13-18/h2-15,20H,1H3. The van der Waals surface area contributed by atoms with Gasteiger partial charge in [-0.25, -0.2) is 26.8 Å². The first-order chi connectivity index (χ1) is 13.3. The molecule has 0 aliphatic carbocycles. The van der Waals surface area contributed by atoms with Gasteiger partial charge < -0.3 is 0 Å². The fourth-order valence-electron chi connectivity index (χ4n) is 2.55. The summed E-state index contributed by atoms with van der Waals surface area (Å²) < 4.78 is 50.7. The van der Waals surface area contributed by atoms with Gasteiger partial charge in [-0.2, -0.15) is 0 Å². The first kappa shape index (κ1) is 19.9. The zero-order valence-electron chi connectivity index (χ0n) is 15.0. The third kappa shape index (κ3) is 4.18. The topological polar surface area (TPSA) is 93.5 Å². The molecule has 0 atom stereocenters. The number of rotatable bonds is 6. The van der Waals surface area contributed by atoms with E-state index in [0.29, 0.717) is 5.69 Å². The van der Waals surface area contributed by atoms with Crippen LogP contribution in [0.1, 0.15) is 5.69 Å². The number of hydrogen-bond acceptors (Lipinski definition) is 6. The van der Waals surface area contributed by atoms with Crippen molar-refractivity contribution in [3.05, 3.63) is 84.6 Å². The van der Waals surface area contributed by atoms with Crippen LogP contribution in [0.3, 0.4) is 0 Å². The summed E-state index contributed by atoms with van der Waals surface area (Å²) in [4.78, 5) is 8.04. The SMILES string of the molecule is Cc1cccc(N=CC(S(=O)(=O)c2ccccc2)S(=O)(=O)c2ccccc2)n1. The number of aliphatic imine (C=N–C) groups is 1. The molecule has 0 radical (unpaired) electrons. The maximum absolute atomic E-state index is 13.1.